The molecule has 25 heavy (non-hydrogen) atoms. The number of pyridine rings is 1. The van der Waals surface area contributed by atoms with Gasteiger partial charge in [0.2, 0.25) is 0 Å². The molecule has 0 saturated carbocycles. The molecule has 128 valence electrons. The van der Waals surface area contributed by atoms with Gasteiger partial charge in [0.25, 0.3) is 0 Å². The number of hydrogen-bond donors (Lipinski definition) is 2. The zero-order chi connectivity index (χ0) is 16.7. The van der Waals surface area contributed by atoms with Crippen LogP contribution in [0.1, 0.15) is 25.7 Å². The first kappa shape index (κ1) is 14.8. The average Bonchev–Trinajstić information content (AvgIpc) is 3.28. The van der Waals surface area contributed by atoms with Crippen LogP contribution in [0.25, 0.3) is 22.2 Å². The molecule has 1 spiro atoms. The second kappa shape index (κ2) is 5.81. The second-order valence-corrected chi connectivity index (χ2v) is 7.22. The Labute approximate surface area is 146 Å². The van der Waals surface area contributed by atoms with Gasteiger partial charge in [0.05, 0.1) is 12.4 Å². The van der Waals surface area contributed by atoms with Gasteiger partial charge in [-0.15, -0.1) is 0 Å². The topological polar surface area (TPSA) is 69.7 Å². The van der Waals surface area contributed by atoms with E-state index in [1.807, 2.05) is 24.7 Å². The number of nitrogens with zero attached hydrogens (tertiary/aromatic N) is 4. The van der Waals surface area contributed by atoms with E-state index >= 15 is 0 Å². The van der Waals surface area contributed by atoms with Gasteiger partial charge in [-0.2, -0.15) is 10.2 Å². The number of aromatic amines is 1. The highest BCUT2D eigenvalue weighted by Gasteiger charge is 2.39. The smallest absolute Gasteiger partial charge is 0.139 e. The maximum atomic E-state index is 4.53. The van der Waals surface area contributed by atoms with Gasteiger partial charge in [-0.3, -0.25) is 0 Å². The summed E-state index contributed by atoms with van der Waals surface area (Å²) in [6, 6.07) is 4.15. The van der Waals surface area contributed by atoms with Crippen molar-refractivity contribution in [1.29, 1.82) is 0 Å². The molecule has 3 aromatic heterocycles. The van der Waals surface area contributed by atoms with E-state index in [9.17, 15) is 0 Å². The third kappa shape index (κ3) is 2.48. The first-order valence-corrected chi connectivity index (χ1v) is 9.08. The van der Waals surface area contributed by atoms with Crippen molar-refractivity contribution in [2.24, 2.45) is 0 Å². The van der Waals surface area contributed by atoms with E-state index in [4.69, 9.17) is 0 Å². The van der Waals surface area contributed by atoms with Crippen molar-refractivity contribution in [3.05, 3.63) is 36.9 Å². The quantitative estimate of drug-likeness (QED) is 0.754. The Kier molecular flexibility index (Phi) is 3.45. The zero-order valence-electron chi connectivity index (χ0n) is 14.2. The largest absolute Gasteiger partial charge is 0.369 e. The van der Waals surface area contributed by atoms with Gasteiger partial charge in [0.1, 0.15) is 5.65 Å². The SMILES string of the molecule is c1cc(-c2c[nH]c3nccc(N4CCC5(CCCCN5)C4)c23)cnn1. The van der Waals surface area contributed by atoms with E-state index in [0.717, 1.165) is 36.4 Å². The van der Waals surface area contributed by atoms with Crippen molar-refractivity contribution in [1.82, 2.24) is 25.5 Å². The van der Waals surface area contributed by atoms with E-state index in [1.54, 1.807) is 6.20 Å². The predicted molar refractivity (Wildman–Crippen MR) is 98.5 cm³/mol. The van der Waals surface area contributed by atoms with Crippen molar-refractivity contribution < 1.29 is 0 Å². The zero-order valence-corrected chi connectivity index (χ0v) is 14.2. The Hall–Kier alpha value is -2.47. The molecule has 1 unspecified atom stereocenters. The van der Waals surface area contributed by atoms with Crippen molar-refractivity contribution >= 4 is 16.7 Å². The third-order valence-corrected chi connectivity index (χ3v) is 5.72. The molecule has 6 heteroatoms. The van der Waals surface area contributed by atoms with Gasteiger partial charge in [-0.05, 0) is 37.9 Å². The van der Waals surface area contributed by atoms with Crippen molar-refractivity contribution in [3.8, 4) is 11.1 Å². The minimum Gasteiger partial charge on any atom is -0.369 e. The van der Waals surface area contributed by atoms with Crippen LogP contribution in [-0.4, -0.2) is 45.3 Å². The molecular weight excluding hydrogens is 312 g/mol. The van der Waals surface area contributed by atoms with Crippen LogP contribution in [0, 0.1) is 0 Å². The molecule has 5 rings (SSSR count). The minimum absolute atomic E-state index is 0.294. The van der Waals surface area contributed by atoms with Gasteiger partial charge in [0, 0.05) is 53.2 Å². The highest BCUT2D eigenvalue weighted by molar-refractivity contribution is 6.02. The molecule has 0 aliphatic carbocycles. The summed E-state index contributed by atoms with van der Waals surface area (Å²) in [4.78, 5) is 10.4. The highest BCUT2D eigenvalue weighted by atomic mass is 15.2. The molecule has 2 fully saturated rings. The van der Waals surface area contributed by atoms with Crippen LogP contribution in [0.2, 0.25) is 0 Å². The molecule has 2 aliphatic rings. The second-order valence-electron chi connectivity index (χ2n) is 7.22. The van der Waals surface area contributed by atoms with Crippen LogP contribution in [0.5, 0.6) is 0 Å². The van der Waals surface area contributed by atoms with Crippen LogP contribution in [-0.2, 0) is 0 Å². The number of nitrogens with one attached hydrogen (secondary N) is 2. The summed E-state index contributed by atoms with van der Waals surface area (Å²) >= 11 is 0. The summed E-state index contributed by atoms with van der Waals surface area (Å²) in [6.07, 6.45) is 12.6. The van der Waals surface area contributed by atoms with Crippen molar-refractivity contribution in [3.63, 3.8) is 0 Å². The fourth-order valence-electron chi connectivity index (χ4n) is 4.44. The van der Waals surface area contributed by atoms with Crippen LogP contribution >= 0.6 is 0 Å². The van der Waals surface area contributed by atoms with Crippen LogP contribution in [0.15, 0.2) is 36.9 Å². The molecule has 0 bridgehead atoms. The number of hydrogen-bond acceptors (Lipinski definition) is 5. The Bertz CT molecular complexity index is 881. The van der Waals surface area contributed by atoms with Crippen LogP contribution in [0.3, 0.4) is 0 Å². The summed E-state index contributed by atoms with van der Waals surface area (Å²) in [5.41, 5.74) is 4.71. The predicted octanol–water partition coefficient (Wildman–Crippen LogP) is 2.74. The van der Waals surface area contributed by atoms with E-state index < -0.39 is 0 Å². The standard InChI is InChI=1S/C19H22N6/c1-2-7-22-19(5-1)6-10-25(13-19)16-4-8-20-18-17(16)15(12-21-18)14-3-9-23-24-11-14/h3-4,8-9,11-12,22H,1-2,5-7,10,13H2,(H,20,21). The number of fused-ring (bicyclic) bond motifs is 1. The van der Waals surface area contributed by atoms with Gasteiger partial charge < -0.3 is 15.2 Å². The van der Waals surface area contributed by atoms with E-state index in [-0.39, 0.29) is 0 Å². The minimum atomic E-state index is 0.294. The van der Waals surface area contributed by atoms with E-state index in [0.29, 0.717) is 5.54 Å². The first-order valence-electron chi connectivity index (χ1n) is 9.08. The molecule has 5 heterocycles. The molecular formula is C19H22N6. The van der Waals surface area contributed by atoms with Gasteiger partial charge >= 0.3 is 0 Å². The summed E-state index contributed by atoms with van der Waals surface area (Å²) in [6.45, 7) is 3.31. The number of piperidine rings is 1. The number of H-pyrrole nitrogens is 1. The van der Waals surface area contributed by atoms with E-state index in [1.165, 1.54) is 36.8 Å². The Morgan fingerprint density at radius 1 is 1.08 bits per heavy atom. The molecule has 2 saturated heterocycles. The van der Waals surface area contributed by atoms with Crippen LogP contribution < -0.4 is 10.2 Å². The first-order chi connectivity index (χ1) is 12.3. The van der Waals surface area contributed by atoms with Gasteiger partial charge in [-0.25, -0.2) is 4.98 Å². The normalized spacial score (nSPS) is 23.6. The number of rotatable bonds is 2. The molecule has 0 amide bonds. The van der Waals surface area contributed by atoms with E-state index in [2.05, 4.69) is 36.4 Å². The number of aromatic nitrogens is 4. The Balaban J connectivity index is 1.57. The fourth-order valence-corrected chi connectivity index (χ4v) is 4.44. The molecule has 1 atom stereocenters. The monoisotopic (exact) mass is 334 g/mol. The average molecular weight is 334 g/mol. The third-order valence-electron chi connectivity index (χ3n) is 5.72. The lowest BCUT2D eigenvalue weighted by Crippen LogP contribution is -2.50. The lowest BCUT2D eigenvalue weighted by Gasteiger charge is -2.35. The fraction of sp³-hybridized carbons (Fsp3) is 0.421. The summed E-state index contributed by atoms with van der Waals surface area (Å²) in [5, 5.41) is 12.9. The number of anilines is 1. The van der Waals surface area contributed by atoms with Gasteiger partial charge in [-0.1, -0.05) is 6.42 Å². The van der Waals surface area contributed by atoms with Crippen LogP contribution in [0.4, 0.5) is 5.69 Å². The molecule has 3 aromatic rings. The molecule has 0 aromatic carbocycles. The highest BCUT2D eigenvalue weighted by Crippen LogP contribution is 2.38. The lowest BCUT2D eigenvalue weighted by molar-refractivity contribution is 0.280. The molecule has 2 aliphatic heterocycles. The van der Waals surface area contributed by atoms with Gasteiger partial charge in [0.15, 0.2) is 0 Å². The molecule has 2 N–H and O–H groups in total. The lowest BCUT2D eigenvalue weighted by atomic mass is 9.88. The van der Waals surface area contributed by atoms with Crippen molar-refractivity contribution in [2.45, 2.75) is 31.2 Å². The summed E-state index contributed by atoms with van der Waals surface area (Å²) in [5.74, 6) is 0. The summed E-state index contributed by atoms with van der Waals surface area (Å²) < 4.78 is 0. The summed E-state index contributed by atoms with van der Waals surface area (Å²) in [7, 11) is 0. The molecule has 0 radical (unpaired) electrons. The maximum absolute atomic E-state index is 4.53. The molecule has 6 nitrogen and oxygen atoms in total. The van der Waals surface area contributed by atoms with Crippen molar-refractivity contribution in [2.75, 3.05) is 24.5 Å². The Morgan fingerprint density at radius 2 is 2.08 bits per heavy atom. The maximum Gasteiger partial charge on any atom is 0.139 e. The Morgan fingerprint density at radius 3 is 2.92 bits per heavy atom.